The van der Waals surface area contributed by atoms with Crippen molar-refractivity contribution in [1.82, 2.24) is 4.98 Å². The van der Waals surface area contributed by atoms with Gasteiger partial charge in [-0.15, -0.1) is 11.3 Å². The number of amides is 2. The maximum absolute atomic E-state index is 12.3. The van der Waals surface area contributed by atoms with Gasteiger partial charge in [-0.25, -0.2) is 4.98 Å². The number of benzene rings is 1. The van der Waals surface area contributed by atoms with Gasteiger partial charge in [0.05, 0.1) is 12.0 Å². The van der Waals surface area contributed by atoms with Crippen LogP contribution in [-0.4, -0.2) is 16.8 Å². The fourth-order valence-electron chi connectivity index (χ4n) is 2.38. The van der Waals surface area contributed by atoms with E-state index in [9.17, 15) is 9.59 Å². The second-order valence-electron chi connectivity index (χ2n) is 5.81. The van der Waals surface area contributed by atoms with Gasteiger partial charge in [0.25, 0.3) is 11.8 Å². The molecule has 0 atom stereocenters. The number of nitrogens with zero attached hydrogens (tertiary/aromatic N) is 1. The quantitative estimate of drug-likeness (QED) is 0.723. The second-order valence-corrected chi connectivity index (χ2v) is 6.67. The average molecular weight is 353 g/mol. The molecule has 6 nitrogen and oxygen atoms in total. The number of hydrogen-bond acceptors (Lipinski definition) is 5. The minimum Gasteiger partial charge on any atom is -0.459 e. The Morgan fingerprint density at radius 1 is 1.08 bits per heavy atom. The minimum absolute atomic E-state index is 0.222. The molecule has 0 saturated heterocycles. The molecule has 3 aromatic rings. The normalized spacial score (nSPS) is 13.4. The van der Waals surface area contributed by atoms with Crippen LogP contribution in [0.3, 0.4) is 0 Å². The van der Waals surface area contributed by atoms with E-state index >= 15 is 0 Å². The van der Waals surface area contributed by atoms with Gasteiger partial charge in [0.1, 0.15) is 0 Å². The van der Waals surface area contributed by atoms with Crippen molar-refractivity contribution in [2.75, 3.05) is 10.6 Å². The summed E-state index contributed by atoms with van der Waals surface area (Å²) in [6, 6.07) is 9.89. The molecule has 0 unspecified atom stereocenters. The molecule has 4 rings (SSSR count). The third kappa shape index (κ3) is 3.61. The van der Waals surface area contributed by atoms with Crippen LogP contribution in [0.15, 0.2) is 52.5 Å². The lowest BCUT2D eigenvalue weighted by Crippen LogP contribution is -2.13. The zero-order valence-corrected chi connectivity index (χ0v) is 14.0. The molecular formula is C18H15N3O3S. The Morgan fingerprint density at radius 2 is 1.88 bits per heavy atom. The predicted molar refractivity (Wildman–Crippen MR) is 95.1 cm³/mol. The summed E-state index contributed by atoms with van der Waals surface area (Å²) in [5.74, 6) is 0.245. The fourth-order valence-corrected chi connectivity index (χ4v) is 3.17. The number of anilines is 2. The summed E-state index contributed by atoms with van der Waals surface area (Å²) >= 11 is 1.44. The zero-order chi connectivity index (χ0) is 17.2. The van der Waals surface area contributed by atoms with Crippen LogP contribution in [0, 0.1) is 0 Å². The first-order valence-corrected chi connectivity index (χ1v) is 8.79. The zero-order valence-electron chi connectivity index (χ0n) is 13.2. The van der Waals surface area contributed by atoms with Gasteiger partial charge < -0.3 is 9.73 Å². The Kier molecular flexibility index (Phi) is 4.07. The number of carbonyl (C=O) groups is 2. The second kappa shape index (κ2) is 6.52. The highest BCUT2D eigenvalue weighted by Crippen LogP contribution is 2.40. The maximum Gasteiger partial charge on any atom is 0.291 e. The van der Waals surface area contributed by atoms with Crippen molar-refractivity contribution in [2.24, 2.45) is 0 Å². The van der Waals surface area contributed by atoms with Crippen molar-refractivity contribution < 1.29 is 14.0 Å². The first kappa shape index (κ1) is 15.6. The number of aromatic nitrogens is 1. The van der Waals surface area contributed by atoms with Crippen molar-refractivity contribution in [3.8, 4) is 0 Å². The number of hydrogen-bond donors (Lipinski definition) is 2. The van der Waals surface area contributed by atoms with E-state index in [1.807, 2.05) is 5.38 Å². The van der Waals surface area contributed by atoms with E-state index in [1.54, 1.807) is 36.4 Å². The lowest BCUT2D eigenvalue weighted by Gasteiger charge is -2.05. The SMILES string of the molecule is O=C(Nc1nc(C2CC2)cs1)c1ccc(NC(=O)c2ccco2)cc1. The van der Waals surface area contributed by atoms with Gasteiger partial charge >= 0.3 is 0 Å². The van der Waals surface area contributed by atoms with E-state index in [2.05, 4.69) is 15.6 Å². The number of rotatable bonds is 5. The van der Waals surface area contributed by atoms with Crippen molar-refractivity contribution in [2.45, 2.75) is 18.8 Å². The summed E-state index contributed by atoms with van der Waals surface area (Å²) in [4.78, 5) is 28.6. The molecule has 25 heavy (non-hydrogen) atoms. The molecule has 1 aliphatic rings. The molecule has 1 aliphatic carbocycles. The number of thiazole rings is 1. The van der Waals surface area contributed by atoms with Crippen molar-refractivity contribution in [1.29, 1.82) is 0 Å². The fraction of sp³-hybridized carbons (Fsp3) is 0.167. The van der Waals surface area contributed by atoms with Crippen LogP contribution in [0.1, 0.15) is 45.4 Å². The van der Waals surface area contributed by atoms with Gasteiger partial charge in [-0.05, 0) is 49.2 Å². The summed E-state index contributed by atoms with van der Waals surface area (Å²) in [5.41, 5.74) is 2.15. The van der Waals surface area contributed by atoms with Crippen LogP contribution in [0.5, 0.6) is 0 Å². The van der Waals surface area contributed by atoms with Crippen LogP contribution in [-0.2, 0) is 0 Å². The van der Waals surface area contributed by atoms with Crippen LogP contribution in [0.25, 0.3) is 0 Å². The topological polar surface area (TPSA) is 84.2 Å². The molecule has 2 heterocycles. The Labute approximate surface area is 147 Å². The lowest BCUT2D eigenvalue weighted by molar-refractivity contribution is 0.0995. The third-order valence-electron chi connectivity index (χ3n) is 3.89. The third-order valence-corrected chi connectivity index (χ3v) is 4.66. The largest absolute Gasteiger partial charge is 0.459 e. The standard InChI is InChI=1S/C18H15N3O3S/c22-16(21-18-20-14(10-25-18)11-3-4-11)12-5-7-13(8-6-12)19-17(23)15-2-1-9-24-15/h1-2,5-11H,3-4H2,(H,19,23)(H,20,21,22). The van der Waals surface area contributed by atoms with E-state index in [1.165, 1.54) is 30.4 Å². The first-order chi connectivity index (χ1) is 12.2. The van der Waals surface area contributed by atoms with Gasteiger partial charge in [0.15, 0.2) is 10.9 Å². The van der Waals surface area contributed by atoms with Gasteiger partial charge in [0.2, 0.25) is 0 Å². The molecule has 0 spiro atoms. The monoisotopic (exact) mass is 353 g/mol. The minimum atomic E-state index is -0.336. The summed E-state index contributed by atoms with van der Waals surface area (Å²) in [6.07, 6.45) is 3.81. The van der Waals surface area contributed by atoms with Crippen LogP contribution < -0.4 is 10.6 Å². The molecular weight excluding hydrogens is 338 g/mol. The Bertz CT molecular complexity index is 896. The Hall–Kier alpha value is -2.93. The van der Waals surface area contributed by atoms with Crippen LogP contribution in [0.4, 0.5) is 10.8 Å². The van der Waals surface area contributed by atoms with Gasteiger partial charge in [0, 0.05) is 22.5 Å². The van der Waals surface area contributed by atoms with E-state index in [-0.39, 0.29) is 17.6 Å². The van der Waals surface area contributed by atoms with E-state index < -0.39 is 0 Å². The highest BCUT2D eigenvalue weighted by atomic mass is 32.1. The Morgan fingerprint density at radius 3 is 2.56 bits per heavy atom. The summed E-state index contributed by atoms with van der Waals surface area (Å²) in [5, 5.41) is 8.13. The molecule has 1 fully saturated rings. The maximum atomic E-state index is 12.3. The van der Waals surface area contributed by atoms with Crippen LogP contribution >= 0.6 is 11.3 Å². The van der Waals surface area contributed by atoms with Gasteiger partial charge in [-0.2, -0.15) is 0 Å². The van der Waals surface area contributed by atoms with E-state index in [0.29, 0.717) is 22.3 Å². The van der Waals surface area contributed by atoms with Crippen molar-refractivity contribution >= 4 is 34.0 Å². The predicted octanol–water partition coefficient (Wildman–Crippen LogP) is 4.12. The van der Waals surface area contributed by atoms with Crippen molar-refractivity contribution in [3.63, 3.8) is 0 Å². The number of furan rings is 1. The summed E-state index contributed by atoms with van der Waals surface area (Å²) in [6.45, 7) is 0. The molecule has 0 aliphatic heterocycles. The van der Waals surface area contributed by atoms with E-state index in [0.717, 1.165) is 5.69 Å². The number of nitrogens with one attached hydrogen (secondary N) is 2. The Balaban J connectivity index is 1.38. The molecule has 0 bridgehead atoms. The lowest BCUT2D eigenvalue weighted by atomic mass is 10.2. The smallest absolute Gasteiger partial charge is 0.291 e. The highest BCUT2D eigenvalue weighted by Gasteiger charge is 2.26. The summed E-state index contributed by atoms with van der Waals surface area (Å²) < 4.78 is 5.04. The first-order valence-electron chi connectivity index (χ1n) is 7.91. The number of carbonyl (C=O) groups excluding carboxylic acids is 2. The molecule has 7 heteroatoms. The molecule has 2 N–H and O–H groups in total. The van der Waals surface area contributed by atoms with Gasteiger partial charge in [-0.3, -0.25) is 14.9 Å². The average Bonchev–Trinajstić information content (AvgIpc) is 3.12. The molecule has 2 aromatic heterocycles. The summed E-state index contributed by atoms with van der Waals surface area (Å²) in [7, 11) is 0. The molecule has 126 valence electrons. The van der Waals surface area contributed by atoms with Gasteiger partial charge in [-0.1, -0.05) is 0 Å². The molecule has 2 amide bonds. The molecule has 0 radical (unpaired) electrons. The van der Waals surface area contributed by atoms with E-state index in [4.69, 9.17) is 4.42 Å². The van der Waals surface area contributed by atoms with Crippen LogP contribution in [0.2, 0.25) is 0 Å². The molecule has 1 aromatic carbocycles. The van der Waals surface area contributed by atoms with Crippen molar-refractivity contribution in [3.05, 3.63) is 65.1 Å². The molecule has 1 saturated carbocycles. The highest BCUT2D eigenvalue weighted by molar-refractivity contribution is 7.14.